The van der Waals surface area contributed by atoms with E-state index in [9.17, 15) is 9.90 Å². The number of hydrogen-bond donors (Lipinski definition) is 2. The highest BCUT2D eigenvalue weighted by Gasteiger charge is 2.23. The van der Waals surface area contributed by atoms with Crippen LogP contribution in [-0.2, 0) is 17.8 Å². The molecule has 126 valence electrons. The lowest BCUT2D eigenvalue weighted by molar-refractivity contribution is -0.116. The van der Waals surface area contributed by atoms with Gasteiger partial charge in [-0.2, -0.15) is 0 Å². The fraction of sp³-hybridized carbons (Fsp3) is 0.350. The molecule has 2 N–H and O–H groups in total. The molecule has 0 aromatic heterocycles. The molecular weight excluding hydrogens is 302 g/mol. The number of anilines is 1. The van der Waals surface area contributed by atoms with Crippen LogP contribution >= 0.6 is 0 Å². The highest BCUT2D eigenvalue weighted by Crippen LogP contribution is 2.36. The molecule has 0 saturated heterocycles. The largest absolute Gasteiger partial charge is 0.497 e. The molecule has 0 radical (unpaired) electrons. The first-order valence-corrected chi connectivity index (χ1v) is 8.36. The third-order valence-electron chi connectivity index (χ3n) is 4.61. The summed E-state index contributed by atoms with van der Waals surface area (Å²) in [6.07, 6.45) is 3.65. The average Bonchev–Trinajstić information content (AvgIpc) is 2.61. The molecule has 0 saturated carbocycles. The van der Waals surface area contributed by atoms with E-state index in [-0.39, 0.29) is 18.4 Å². The number of hydrogen-bond acceptors (Lipinski definition) is 3. The maximum atomic E-state index is 12.4. The van der Waals surface area contributed by atoms with Crippen LogP contribution in [0.3, 0.4) is 0 Å². The van der Waals surface area contributed by atoms with Crippen molar-refractivity contribution in [2.75, 3.05) is 12.4 Å². The number of rotatable bonds is 5. The third kappa shape index (κ3) is 3.77. The molecule has 0 fully saturated rings. The zero-order valence-electron chi connectivity index (χ0n) is 13.9. The molecule has 4 nitrogen and oxygen atoms in total. The van der Waals surface area contributed by atoms with Gasteiger partial charge in [0.1, 0.15) is 5.75 Å². The zero-order valence-corrected chi connectivity index (χ0v) is 13.9. The number of benzene rings is 2. The molecule has 1 atom stereocenters. The van der Waals surface area contributed by atoms with Crippen molar-refractivity contribution in [2.24, 2.45) is 0 Å². The molecule has 0 heterocycles. The van der Waals surface area contributed by atoms with Gasteiger partial charge in [0.15, 0.2) is 0 Å². The highest BCUT2D eigenvalue weighted by molar-refractivity contribution is 5.91. The second-order valence-electron chi connectivity index (χ2n) is 6.26. The Hall–Kier alpha value is -2.33. The maximum absolute atomic E-state index is 12.4. The molecule has 2 aromatic carbocycles. The number of carbonyl (C=O) groups excluding carboxylic acids is 1. The summed E-state index contributed by atoms with van der Waals surface area (Å²) in [6.45, 7) is -0.0262. The van der Waals surface area contributed by atoms with E-state index >= 15 is 0 Å². The summed E-state index contributed by atoms with van der Waals surface area (Å²) in [4.78, 5) is 12.4. The minimum atomic E-state index is -0.0262. The molecule has 24 heavy (non-hydrogen) atoms. The summed E-state index contributed by atoms with van der Waals surface area (Å²) in [7, 11) is 1.68. The van der Waals surface area contributed by atoms with Gasteiger partial charge < -0.3 is 15.2 Å². The first-order chi connectivity index (χ1) is 11.7. The van der Waals surface area contributed by atoms with Crippen LogP contribution in [0.2, 0.25) is 0 Å². The Labute approximate surface area is 142 Å². The minimum absolute atomic E-state index is 0.0127. The quantitative estimate of drug-likeness (QED) is 0.882. The Kier molecular flexibility index (Phi) is 5.16. The second kappa shape index (κ2) is 7.49. The van der Waals surface area contributed by atoms with Gasteiger partial charge in [0, 0.05) is 12.1 Å². The third-order valence-corrected chi connectivity index (χ3v) is 4.61. The monoisotopic (exact) mass is 325 g/mol. The predicted molar refractivity (Wildman–Crippen MR) is 94.3 cm³/mol. The van der Waals surface area contributed by atoms with Gasteiger partial charge >= 0.3 is 0 Å². The van der Waals surface area contributed by atoms with Crippen molar-refractivity contribution in [1.29, 1.82) is 0 Å². The van der Waals surface area contributed by atoms with E-state index < -0.39 is 0 Å². The number of amides is 1. The summed E-state index contributed by atoms with van der Waals surface area (Å²) in [5.41, 5.74) is 4.09. The highest BCUT2D eigenvalue weighted by atomic mass is 16.5. The number of methoxy groups -OCH3 is 1. The van der Waals surface area contributed by atoms with Crippen molar-refractivity contribution in [1.82, 2.24) is 0 Å². The van der Waals surface area contributed by atoms with Gasteiger partial charge in [0.2, 0.25) is 5.91 Å². The van der Waals surface area contributed by atoms with Crippen molar-refractivity contribution in [2.45, 2.75) is 38.2 Å². The van der Waals surface area contributed by atoms with E-state index in [0.717, 1.165) is 36.3 Å². The predicted octanol–water partition coefficient (Wildman–Crippen LogP) is 3.64. The van der Waals surface area contributed by atoms with Crippen LogP contribution in [0.25, 0.3) is 0 Å². The molecule has 0 bridgehead atoms. The van der Waals surface area contributed by atoms with Gasteiger partial charge in [0.25, 0.3) is 0 Å². The van der Waals surface area contributed by atoms with Gasteiger partial charge in [-0.1, -0.05) is 18.2 Å². The first-order valence-electron chi connectivity index (χ1n) is 8.36. The summed E-state index contributed by atoms with van der Waals surface area (Å²) in [5.74, 6) is 1.14. The maximum Gasteiger partial charge on any atom is 0.224 e. The lowest BCUT2D eigenvalue weighted by Gasteiger charge is -2.25. The molecule has 0 aliphatic heterocycles. The van der Waals surface area contributed by atoms with E-state index in [1.54, 1.807) is 13.2 Å². The van der Waals surface area contributed by atoms with Gasteiger partial charge in [-0.15, -0.1) is 0 Å². The topological polar surface area (TPSA) is 58.6 Å². The molecule has 0 spiro atoms. The number of aliphatic hydroxyl groups is 1. The molecule has 1 amide bonds. The van der Waals surface area contributed by atoms with Crippen LogP contribution < -0.4 is 10.1 Å². The van der Waals surface area contributed by atoms with E-state index in [2.05, 4.69) is 17.4 Å². The van der Waals surface area contributed by atoms with Crippen molar-refractivity contribution in [3.63, 3.8) is 0 Å². The van der Waals surface area contributed by atoms with Crippen molar-refractivity contribution in [3.05, 3.63) is 59.2 Å². The standard InChI is InChI=1S/C20H23NO3/c1-24-18-8-9-19-15(11-18)5-3-6-16(19)12-20(23)21-17-7-2-4-14(10-17)13-22/h2,4,7-11,16,22H,3,5-6,12-13H2,1H3,(H,21,23). The van der Waals surface area contributed by atoms with Gasteiger partial charge in [-0.25, -0.2) is 0 Å². The minimum Gasteiger partial charge on any atom is -0.497 e. The Morgan fingerprint density at radius 1 is 1.29 bits per heavy atom. The second-order valence-corrected chi connectivity index (χ2v) is 6.26. The Morgan fingerprint density at radius 3 is 2.96 bits per heavy atom. The average molecular weight is 325 g/mol. The van der Waals surface area contributed by atoms with Crippen molar-refractivity contribution in [3.8, 4) is 5.75 Å². The van der Waals surface area contributed by atoms with Crippen molar-refractivity contribution < 1.29 is 14.6 Å². The van der Waals surface area contributed by atoms with Gasteiger partial charge in [0.05, 0.1) is 13.7 Å². The lowest BCUT2D eigenvalue weighted by Crippen LogP contribution is -2.19. The molecule has 1 aliphatic carbocycles. The molecule has 1 unspecified atom stereocenters. The fourth-order valence-electron chi connectivity index (χ4n) is 3.41. The number of aryl methyl sites for hydroxylation is 1. The molecule has 2 aromatic rings. The summed E-state index contributed by atoms with van der Waals surface area (Å²) in [6, 6.07) is 13.5. The smallest absolute Gasteiger partial charge is 0.224 e. The first kappa shape index (κ1) is 16.5. The lowest BCUT2D eigenvalue weighted by atomic mass is 9.81. The number of nitrogens with one attached hydrogen (secondary N) is 1. The zero-order chi connectivity index (χ0) is 16.9. The van der Waals surface area contributed by atoms with Crippen LogP contribution in [0.4, 0.5) is 5.69 Å². The molecule has 1 aliphatic rings. The molecular formula is C20H23NO3. The number of aliphatic hydroxyl groups excluding tert-OH is 1. The summed E-state index contributed by atoms with van der Waals surface area (Å²) < 4.78 is 5.30. The normalized spacial score (nSPS) is 16.3. The Bertz CT molecular complexity index is 727. The number of ether oxygens (including phenoxy) is 1. The Balaban J connectivity index is 1.69. The molecule has 4 heteroatoms. The van der Waals surface area contributed by atoms with E-state index in [1.165, 1.54) is 11.1 Å². The van der Waals surface area contributed by atoms with Crippen LogP contribution in [0, 0.1) is 0 Å². The SMILES string of the molecule is COc1ccc2c(c1)CCCC2CC(=O)Nc1cccc(CO)c1. The summed E-state index contributed by atoms with van der Waals surface area (Å²) in [5, 5.41) is 12.1. The van der Waals surface area contributed by atoms with Crippen LogP contribution in [0.15, 0.2) is 42.5 Å². The molecule has 3 rings (SSSR count). The van der Waals surface area contributed by atoms with Gasteiger partial charge in [-0.05, 0) is 66.1 Å². The van der Waals surface area contributed by atoms with Crippen LogP contribution in [0.1, 0.15) is 41.9 Å². The van der Waals surface area contributed by atoms with E-state index in [0.29, 0.717) is 6.42 Å². The number of fused-ring (bicyclic) bond motifs is 1. The van der Waals surface area contributed by atoms with E-state index in [1.807, 2.05) is 24.3 Å². The van der Waals surface area contributed by atoms with Gasteiger partial charge in [-0.3, -0.25) is 4.79 Å². The van der Waals surface area contributed by atoms with Crippen LogP contribution in [-0.4, -0.2) is 18.1 Å². The Morgan fingerprint density at radius 2 is 2.17 bits per heavy atom. The number of carbonyl (C=O) groups is 1. The van der Waals surface area contributed by atoms with E-state index in [4.69, 9.17) is 4.74 Å². The fourth-order valence-corrected chi connectivity index (χ4v) is 3.41. The van der Waals surface area contributed by atoms with Crippen molar-refractivity contribution >= 4 is 11.6 Å². The summed E-state index contributed by atoms with van der Waals surface area (Å²) >= 11 is 0. The van der Waals surface area contributed by atoms with Crippen LogP contribution in [0.5, 0.6) is 5.75 Å².